The zero-order valence-corrected chi connectivity index (χ0v) is 12.9. The van der Waals surface area contributed by atoms with Crippen LogP contribution in [-0.2, 0) is 0 Å². The van der Waals surface area contributed by atoms with Crippen LogP contribution < -0.4 is 4.74 Å². The topological polar surface area (TPSA) is 9.23 Å². The number of halogens is 2. The molecular formula is C18H24F2O. The van der Waals surface area contributed by atoms with Crippen LogP contribution in [0.2, 0.25) is 0 Å². The molecule has 0 saturated heterocycles. The number of rotatable bonds is 5. The molecule has 1 nitrogen and oxygen atoms in total. The highest BCUT2D eigenvalue weighted by atomic mass is 19.2. The van der Waals surface area contributed by atoms with Gasteiger partial charge in [0.05, 0.1) is 7.11 Å². The number of benzene rings is 1. The van der Waals surface area contributed by atoms with Gasteiger partial charge in [0.1, 0.15) is 0 Å². The van der Waals surface area contributed by atoms with Crippen molar-refractivity contribution in [3.8, 4) is 5.75 Å². The van der Waals surface area contributed by atoms with E-state index in [9.17, 15) is 8.78 Å². The minimum Gasteiger partial charge on any atom is -0.494 e. The minimum absolute atomic E-state index is 0.0173. The number of hydrogen-bond donors (Lipinski definition) is 0. The predicted molar refractivity (Wildman–Crippen MR) is 81.7 cm³/mol. The molecule has 0 atom stereocenters. The second-order valence-corrected chi connectivity index (χ2v) is 5.85. The van der Waals surface area contributed by atoms with Crippen LogP contribution in [0.3, 0.4) is 0 Å². The van der Waals surface area contributed by atoms with Crippen LogP contribution in [0.5, 0.6) is 5.75 Å². The van der Waals surface area contributed by atoms with Crippen LogP contribution in [0.15, 0.2) is 24.3 Å². The van der Waals surface area contributed by atoms with Crippen molar-refractivity contribution >= 4 is 0 Å². The van der Waals surface area contributed by atoms with Crippen molar-refractivity contribution in [1.82, 2.24) is 0 Å². The molecule has 1 aliphatic rings. The summed E-state index contributed by atoms with van der Waals surface area (Å²) in [6.45, 7) is 2.04. The molecule has 0 aromatic heterocycles. The van der Waals surface area contributed by atoms with Crippen LogP contribution in [0, 0.1) is 17.6 Å². The molecule has 1 aromatic carbocycles. The molecule has 116 valence electrons. The van der Waals surface area contributed by atoms with Crippen molar-refractivity contribution in [1.29, 1.82) is 0 Å². The molecule has 1 fully saturated rings. The average Bonchev–Trinajstić information content (AvgIpc) is 2.51. The summed E-state index contributed by atoms with van der Waals surface area (Å²) in [5, 5.41) is 0. The van der Waals surface area contributed by atoms with Crippen molar-refractivity contribution in [3.05, 3.63) is 41.5 Å². The third-order valence-electron chi connectivity index (χ3n) is 4.56. The lowest BCUT2D eigenvalue weighted by Gasteiger charge is -2.29. The monoisotopic (exact) mass is 294 g/mol. The summed E-state index contributed by atoms with van der Waals surface area (Å²) in [4.78, 5) is 0. The fourth-order valence-corrected chi connectivity index (χ4v) is 3.28. The normalized spacial score (nSPS) is 22.7. The summed E-state index contributed by atoms with van der Waals surface area (Å²) in [5.41, 5.74) is 0.514. The third-order valence-corrected chi connectivity index (χ3v) is 4.56. The van der Waals surface area contributed by atoms with Gasteiger partial charge in [-0.15, -0.1) is 0 Å². The van der Waals surface area contributed by atoms with Gasteiger partial charge < -0.3 is 4.74 Å². The lowest BCUT2D eigenvalue weighted by molar-refractivity contribution is 0.304. The quantitative estimate of drug-likeness (QED) is 0.642. The molecule has 0 unspecified atom stereocenters. The summed E-state index contributed by atoms with van der Waals surface area (Å²) < 4.78 is 32.7. The van der Waals surface area contributed by atoms with Crippen LogP contribution in [0.4, 0.5) is 8.78 Å². The summed E-state index contributed by atoms with van der Waals surface area (Å²) in [5.74, 6) is -0.736. The van der Waals surface area contributed by atoms with Crippen molar-refractivity contribution < 1.29 is 13.5 Å². The van der Waals surface area contributed by atoms with E-state index in [2.05, 4.69) is 12.2 Å². The van der Waals surface area contributed by atoms with Gasteiger partial charge in [-0.3, -0.25) is 0 Å². The third kappa shape index (κ3) is 3.84. The zero-order valence-electron chi connectivity index (χ0n) is 12.9. The first-order chi connectivity index (χ1) is 10.2. The Kier molecular flexibility index (Phi) is 5.77. The Labute approximate surface area is 126 Å². The van der Waals surface area contributed by atoms with Gasteiger partial charge in [-0.1, -0.05) is 18.2 Å². The molecular weight excluding hydrogens is 270 g/mol. The highest BCUT2D eigenvalue weighted by molar-refractivity contribution is 5.33. The van der Waals surface area contributed by atoms with Crippen LogP contribution in [0.1, 0.15) is 56.9 Å². The van der Waals surface area contributed by atoms with Gasteiger partial charge in [0, 0.05) is 0 Å². The van der Waals surface area contributed by atoms with Crippen LogP contribution >= 0.6 is 0 Å². The highest BCUT2D eigenvalue weighted by Crippen LogP contribution is 2.39. The van der Waals surface area contributed by atoms with Gasteiger partial charge >= 0.3 is 0 Å². The van der Waals surface area contributed by atoms with Crippen molar-refractivity contribution in [3.63, 3.8) is 0 Å². The summed E-state index contributed by atoms with van der Waals surface area (Å²) in [6.07, 6.45) is 10.7. The maximum atomic E-state index is 14.1. The molecule has 0 heterocycles. The molecule has 0 aliphatic heterocycles. The second kappa shape index (κ2) is 7.58. The van der Waals surface area contributed by atoms with E-state index in [0.717, 1.165) is 38.0 Å². The Morgan fingerprint density at radius 1 is 1.14 bits per heavy atom. The molecule has 3 heteroatoms. The van der Waals surface area contributed by atoms with E-state index in [-0.39, 0.29) is 11.7 Å². The summed E-state index contributed by atoms with van der Waals surface area (Å²) >= 11 is 0. The Bertz CT molecular complexity index is 488. The maximum absolute atomic E-state index is 14.1. The van der Waals surface area contributed by atoms with E-state index < -0.39 is 11.6 Å². The molecule has 0 amide bonds. The number of hydrogen-bond acceptors (Lipinski definition) is 1. The minimum atomic E-state index is -0.856. The summed E-state index contributed by atoms with van der Waals surface area (Å²) in [6, 6.07) is 3.22. The van der Waals surface area contributed by atoms with Crippen molar-refractivity contribution in [2.24, 2.45) is 5.92 Å². The number of allylic oxidation sites excluding steroid dienone is 2. The average molecular weight is 294 g/mol. The number of ether oxygens (including phenoxy) is 1. The van der Waals surface area contributed by atoms with Crippen LogP contribution in [0.25, 0.3) is 0 Å². The second-order valence-electron chi connectivity index (χ2n) is 5.85. The summed E-state index contributed by atoms with van der Waals surface area (Å²) in [7, 11) is 1.35. The molecule has 1 saturated carbocycles. The highest BCUT2D eigenvalue weighted by Gasteiger charge is 2.26. The largest absolute Gasteiger partial charge is 0.494 e. The van der Waals surface area contributed by atoms with E-state index in [1.165, 1.54) is 19.6 Å². The molecule has 0 N–H and O–H groups in total. The van der Waals surface area contributed by atoms with Gasteiger partial charge in [-0.05, 0) is 68.9 Å². The van der Waals surface area contributed by atoms with Crippen LogP contribution in [-0.4, -0.2) is 7.11 Å². The van der Waals surface area contributed by atoms with Crippen molar-refractivity contribution in [2.75, 3.05) is 7.11 Å². The Morgan fingerprint density at radius 3 is 2.48 bits per heavy atom. The number of methoxy groups -OCH3 is 1. The van der Waals surface area contributed by atoms with Gasteiger partial charge in [0.2, 0.25) is 5.82 Å². The standard InChI is InChI=1S/C18H24F2O/c1-3-4-5-6-13-7-9-14(10-8-13)15-11-12-16(21-2)18(20)17(15)19/h3-4,11-14H,5-10H2,1-2H3. The van der Waals surface area contributed by atoms with Gasteiger partial charge in [-0.2, -0.15) is 4.39 Å². The van der Waals surface area contributed by atoms with Gasteiger partial charge in [-0.25, -0.2) is 4.39 Å². The molecule has 0 spiro atoms. The van der Waals surface area contributed by atoms with E-state index in [1.54, 1.807) is 6.07 Å². The predicted octanol–water partition coefficient (Wildman–Crippen LogP) is 5.60. The smallest absolute Gasteiger partial charge is 0.200 e. The zero-order chi connectivity index (χ0) is 15.2. The molecule has 21 heavy (non-hydrogen) atoms. The van der Waals surface area contributed by atoms with E-state index in [4.69, 9.17) is 4.74 Å². The molecule has 0 bridgehead atoms. The molecule has 1 aromatic rings. The fourth-order valence-electron chi connectivity index (χ4n) is 3.28. The fraction of sp³-hybridized carbons (Fsp3) is 0.556. The molecule has 2 rings (SSSR count). The van der Waals surface area contributed by atoms with E-state index in [1.807, 2.05) is 6.92 Å². The van der Waals surface area contributed by atoms with E-state index in [0.29, 0.717) is 5.56 Å². The van der Waals surface area contributed by atoms with Gasteiger partial charge in [0.15, 0.2) is 11.6 Å². The molecule has 0 radical (unpaired) electrons. The Hall–Kier alpha value is -1.38. The molecule has 1 aliphatic carbocycles. The first-order valence-electron chi connectivity index (χ1n) is 7.80. The van der Waals surface area contributed by atoms with Gasteiger partial charge in [0.25, 0.3) is 0 Å². The SMILES string of the molecule is CC=CCCC1CCC(c2ccc(OC)c(F)c2F)CC1. The lowest BCUT2D eigenvalue weighted by Crippen LogP contribution is -2.15. The maximum Gasteiger partial charge on any atom is 0.200 e. The Morgan fingerprint density at radius 2 is 1.86 bits per heavy atom. The first-order valence-corrected chi connectivity index (χ1v) is 7.80. The lowest BCUT2D eigenvalue weighted by atomic mass is 9.77. The van der Waals surface area contributed by atoms with E-state index >= 15 is 0 Å². The first kappa shape index (κ1) is 16.0. The van der Waals surface area contributed by atoms with Crippen molar-refractivity contribution in [2.45, 2.75) is 51.4 Å². The Balaban J connectivity index is 1.98.